The van der Waals surface area contributed by atoms with Crippen molar-refractivity contribution in [3.05, 3.63) is 23.3 Å². The van der Waals surface area contributed by atoms with Crippen molar-refractivity contribution in [3.63, 3.8) is 0 Å². The van der Waals surface area contributed by atoms with Crippen LogP contribution in [0.5, 0.6) is 0 Å². The van der Waals surface area contributed by atoms with Gasteiger partial charge in [-0.3, -0.25) is 0 Å². The number of ether oxygens (including phenoxy) is 1. The normalized spacial score (nSPS) is 25.5. The Hall–Kier alpha value is -1.00. The molecule has 1 aromatic rings. The third kappa shape index (κ3) is 2.40. The minimum atomic E-state index is 0.131. The van der Waals surface area contributed by atoms with Crippen LogP contribution in [0, 0.1) is 0 Å². The summed E-state index contributed by atoms with van der Waals surface area (Å²) in [6, 6.07) is 0.131. The SMILES string of the molecule is NC1CCCCc2nc(C3CCOCC3)ncc21. The van der Waals surface area contributed by atoms with Crippen molar-refractivity contribution >= 4 is 0 Å². The maximum atomic E-state index is 6.17. The number of nitrogens with zero attached hydrogens (tertiary/aromatic N) is 2. The Labute approximate surface area is 108 Å². The number of nitrogens with two attached hydrogens (primary N) is 1. The van der Waals surface area contributed by atoms with E-state index in [4.69, 9.17) is 15.5 Å². The molecule has 2 heterocycles. The molecule has 0 amide bonds. The van der Waals surface area contributed by atoms with Crippen molar-refractivity contribution in [2.24, 2.45) is 5.73 Å². The van der Waals surface area contributed by atoms with E-state index in [-0.39, 0.29) is 6.04 Å². The van der Waals surface area contributed by atoms with Crippen LogP contribution in [0.25, 0.3) is 0 Å². The number of aryl methyl sites for hydroxylation is 1. The molecule has 0 spiro atoms. The van der Waals surface area contributed by atoms with Gasteiger partial charge in [0.2, 0.25) is 0 Å². The van der Waals surface area contributed by atoms with Crippen LogP contribution in [0.4, 0.5) is 0 Å². The Morgan fingerprint density at radius 1 is 1.17 bits per heavy atom. The molecule has 3 rings (SSSR count). The quantitative estimate of drug-likeness (QED) is 0.772. The largest absolute Gasteiger partial charge is 0.381 e. The lowest BCUT2D eigenvalue weighted by molar-refractivity contribution is 0.0835. The van der Waals surface area contributed by atoms with Crippen LogP contribution < -0.4 is 5.73 Å². The Bertz CT molecular complexity index is 416. The van der Waals surface area contributed by atoms with Crippen LogP contribution in [0.15, 0.2) is 6.20 Å². The van der Waals surface area contributed by atoms with Crippen LogP contribution in [0.1, 0.15) is 61.1 Å². The highest BCUT2D eigenvalue weighted by Crippen LogP contribution is 2.28. The summed E-state index contributed by atoms with van der Waals surface area (Å²) in [6.45, 7) is 1.68. The second-order valence-corrected chi connectivity index (χ2v) is 5.37. The zero-order valence-electron chi connectivity index (χ0n) is 10.8. The van der Waals surface area contributed by atoms with Gasteiger partial charge in [0.25, 0.3) is 0 Å². The molecule has 0 saturated carbocycles. The predicted octanol–water partition coefficient (Wildman–Crippen LogP) is 2.10. The van der Waals surface area contributed by atoms with Crippen molar-refractivity contribution in [2.75, 3.05) is 13.2 Å². The number of aromatic nitrogens is 2. The fourth-order valence-electron chi connectivity index (χ4n) is 2.92. The average Bonchev–Trinajstić information content (AvgIpc) is 2.61. The summed E-state index contributed by atoms with van der Waals surface area (Å²) < 4.78 is 5.40. The van der Waals surface area contributed by atoms with Gasteiger partial charge in [-0.05, 0) is 32.1 Å². The van der Waals surface area contributed by atoms with Crippen LogP contribution in [-0.4, -0.2) is 23.2 Å². The standard InChI is InChI=1S/C14H21N3O/c15-12-3-1-2-4-13-11(12)9-16-14(17-13)10-5-7-18-8-6-10/h9-10,12H,1-8,15H2. The van der Waals surface area contributed by atoms with Gasteiger partial charge in [0.15, 0.2) is 0 Å². The Balaban J connectivity index is 1.87. The zero-order chi connectivity index (χ0) is 12.4. The average molecular weight is 247 g/mol. The number of rotatable bonds is 1. The summed E-state index contributed by atoms with van der Waals surface area (Å²) in [4.78, 5) is 9.36. The summed E-state index contributed by atoms with van der Waals surface area (Å²) in [5.74, 6) is 1.48. The molecule has 4 heteroatoms. The maximum Gasteiger partial charge on any atom is 0.131 e. The fourth-order valence-corrected chi connectivity index (χ4v) is 2.92. The van der Waals surface area contributed by atoms with Crippen LogP contribution in [-0.2, 0) is 11.2 Å². The number of fused-ring (bicyclic) bond motifs is 1. The third-order valence-electron chi connectivity index (χ3n) is 4.08. The predicted molar refractivity (Wildman–Crippen MR) is 69.3 cm³/mol. The summed E-state index contributed by atoms with van der Waals surface area (Å²) in [7, 11) is 0. The molecule has 1 aliphatic heterocycles. The van der Waals surface area contributed by atoms with Crippen LogP contribution in [0.3, 0.4) is 0 Å². The van der Waals surface area contributed by atoms with E-state index in [9.17, 15) is 0 Å². The van der Waals surface area contributed by atoms with E-state index in [1.54, 1.807) is 0 Å². The molecule has 4 nitrogen and oxygen atoms in total. The lowest BCUT2D eigenvalue weighted by Gasteiger charge is -2.22. The third-order valence-corrected chi connectivity index (χ3v) is 4.08. The Morgan fingerprint density at radius 3 is 2.83 bits per heavy atom. The highest BCUT2D eigenvalue weighted by Gasteiger charge is 2.22. The van der Waals surface area contributed by atoms with E-state index < -0.39 is 0 Å². The van der Waals surface area contributed by atoms with Crippen molar-refractivity contribution in [1.29, 1.82) is 0 Å². The number of hydrogen-bond acceptors (Lipinski definition) is 4. The van der Waals surface area contributed by atoms with Gasteiger partial charge in [-0.2, -0.15) is 0 Å². The molecular formula is C14H21N3O. The minimum Gasteiger partial charge on any atom is -0.381 e. The number of hydrogen-bond donors (Lipinski definition) is 1. The molecule has 0 aromatic carbocycles. The molecule has 98 valence electrons. The monoisotopic (exact) mass is 247 g/mol. The van der Waals surface area contributed by atoms with E-state index in [1.807, 2.05) is 6.20 Å². The van der Waals surface area contributed by atoms with Crippen molar-refractivity contribution in [1.82, 2.24) is 9.97 Å². The summed E-state index contributed by atoms with van der Waals surface area (Å²) in [5, 5.41) is 0. The van der Waals surface area contributed by atoms with Crippen molar-refractivity contribution < 1.29 is 4.74 Å². The topological polar surface area (TPSA) is 61.0 Å². The fraction of sp³-hybridized carbons (Fsp3) is 0.714. The Kier molecular flexibility index (Phi) is 3.57. The molecule has 1 fully saturated rings. The molecule has 0 radical (unpaired) electrons. The molecule has 0 bridgehead atoms. The van der Waals surface area contributed by atoms with E-state index >= 15 is 0 Å². The summed E-state index contributed by atoms with van der Waals surface area (Å²) in [6.07, 6.45) is 8.59. The van der Waals surface area contributed by atoms with Gasteiger partial charge in [0.1, 0.15) is 5.82 Å². The summed E-state index contributed by atoms with van der Waals surface area (Å²) >= 11 is 0. The van der Waals surface area contributed by atoms with E-state index in [2.05, 4.69) is 4.98 Å². The second-order valence-electron chi connectivity index (χ2n) is 5.37. The van der Waals surface area contributed by atoms with Gasteiger partial charge < -0.3 is 10.5 Å². The van der Waals surface area contributed by atoms with Crippen molar-refractivity contribution in [3.8, 4) is 0 Å². The molecule has 18 heavy (non-hydrogen) atoms. The molecule has 1 saturated heterocycles. The first-order valence-electron chi connectivity index (χ1n) is 7.03. The van der Waals surface area contributed by atoms with E-state index in [0.29, 0.717) is 5.92 Å². The zero-order valence-corrected chi connectivity index (χ0v) is 10.8. The minimum absolute atomic E-state index is 0.131. The smallest absolute Gasteiger partial charge is 0.131 e. The van der Waals surface area contributed by atoms with Crippen molar-refractivity contribution in [2.45, 2.75) is 50.5 Å². The molecular weight excluding hydrogens is 226 g/mol. The van der Waals surface area contributed by atoms with Crippen LogP contribution in [0.2, 0.25) is 0 Å². The molecule has 1 unspecified atom stereocenters. The highest BCUT2D eigenvalue weighted by molar-refractivity contribution is 5.23. The highest BCUT2D eigenvalue weighted by atomic mass is 16.5. The van der Waals surface area contributed by atoms with E-state index in [0.717, 1.165) is 44.7 Å². The molecule has 2 N–H and O–H groups in total. The van der Waals surface area contributed by atoms with Gasteiger partial charge >= 0.3 is 0 Å². The Morgan fingerprint density at radius 2 is 2.00 bits per heavy atom. The molecule has 1 atom stereocenters. The van der Waals surface area contributed by atoms with Gasteiger partial charge in [-0.25, -0.2) is 9.97 Å². The summed E-state index contributed by atoms with van der Waals surface area (Å²) in [5.41, 5.74) is 8.54. The van der Waals surface area contributed by atoms with Gasteiger partial charge in [-0.1, -0.05) is 6.42 Å². The van der Waals surface area contributed by atoms with Gasteiger partial charge in [0.05, 0.1) is 0 Å². The van der Waals surface area contributed by atoms with Crippen LogP contribution >= 0.6 is 0 Å². The van der Waals surface area contributed by atoms with Gasteiger partial charge in [-0.15, -0.1) is 0 Å². The maximum absolute atomic E-state index is 6.17. The first-order chi connectivity index (χ1) is 8.84. The lowest BCUT2D eigenvalue weighted by Crippen LogP contribution is -2.18. The lowest BCUT2D eigenvalue weighted by atomic mass is 9.98. The first kappa shape index (κ1) is 12.1. The second kappa shape index (κ2) is 5.33. The molecule has 1 aliphatic carbocycles. The van der Waals surface area contributed by atoms with E-state index in [1.165, 1.54) is 24.1 Å². The van der Waals surface area contributed by atoms with Gasteiger partial charge in [0, 0.05) is 42.6 Å². The first-order valence-corrected chi connectivity index (χ1v) is 7.03. The molecule has 1 aromatic heterocycles. The molecule has 2 aliphatic rings.